The Morgan fingerprint density at radius 3 is 2.19 bits per heavy atom. The fourth-order valence-electron chi connectivity index (χ4n) is 5.64. The van der Waals surface area contributed by atoms with Crippen LogP contribution < -0.4 is 14.8 Å². The summed E-state index contributed by atoms with van der Waals surface area (Å²) in [5.74, 6) is 0.330. The second-order valence-electron chi connectivity index (χ2n) is 12.2. The van der Waals surface area contributed by atoms with E-state index in [1.54, 1.807) is 0 Å². The second-order valence-corrected chi connectivity index (χ2v) is 12.2. The van der Waals surface area contributed by atoms with Crippen LogP contribution in [0.2, 0.25) is 0 Å². The largest absolute Gasteiger partial charge is 0.492 e. The lowest BCUT2D eigenvalue weighted by Crippen LogP contribution is -2.33. The van der Waals surface area contributed by atoms with Crippen molar-refractivity contribution in [1.29, 1.82) is 0 Å². The lowest BCUT2D eigenvalue weighted by atomic mass is 9.87. The van der Waals surface area contributed by atoms with Crippen molar-refractivity contribution in [2.75, 3.05) is 26.2 Å². The van der Waals surface area contributed by atoms with E-state index in [1.807, 2.05) is 48.5 Å². The first-order chi connectivity index (χ1) is 19.6. The van der Waals surface area contributed by atoms with Crippen molar-refractivity contribution in [3.05, 3.63) is 95.1 Å². The molecule has 3 aromatic carbocycles. The number of fused-ring (bicyclic) bond motifs is 1. The third-order valence-electron chi connectivity index (χ3n) is 8.05. The fraction of sp³-hybridized carbons (Fsp3) is 0.424. The molecular weight excluding hydrogens is 597 g/mol. The van der Waals surface area contributed by atoms with E-state index in [1.165, 1.54) is 12.1 Å². The van der Waals surface area contributed by atoms with Crippen LogP contribution in [0.3, 0.4) is 0 Å². The zero-order valence-corrected chi connectivity index (χ0v) is 26.2. The summed E-state index contributed by atoms with van der Waals surface area (Å²) in [6.07, 6.45) is -0.747. The molecule has 0 radical (unpaired) electrons. The third kappa shape index (κ3) is 9.05. The molecule has 234 valence electrons. The van der Waals surface area contributed by atoms with Crippen molar-refractivity contribution in [3.63, 3.8) is 0 Å². The molecule has 2 aliphatic rings. The Morgan fingerprint density at radius 2 is 1.60 bits per heavy atom. The molecule has 4 atom stereocenters. The molecule has 0 amide bonds. The van der Waals surface area contributed by atoms with E-state index in [0.29, 0.717) is 42.3 Å². The van der Waals surface area contributed by atoms with E-state index in [0.717, 1.165) is 42.6 Å². The van der Waals surface area contributed by atoms with Gasteiger partial charge in [-0.2, -0.15) is 0 Å². The lowest BCUT2D eigenvalue weighted by Gasteiger charge is -2.20. The van der Waals surface area contributed by atoms with Crippen LogP contribution in [-0.4, -0.2) is 54.4 Å². The molecule has 1 saturated heterocycles. The van der Waals surface area contributed by atoms with Crippen LogP contribution in [0.4, 0.5) is 8.78 Å². The Morgan fingerprint density at radius 1 is 0.977 bits per heavy atom. The Balaban J connectivity index is 0.00000253. The SMILES string of the molecule is CC(C)(C)c1ccc(O[C@@H](Cc2ccc(OCCN[C@H]3C4CN(Cc5ccc(F)cc5F)C[C@@H]43)cc2)C(=O)O)cc1.Cl.Cl. The van der Waals surface area contributed by atoms with Crippen LogP contribution in [0.15, 0.2) is 66.7 Å². The summed E-state index contributed by atoms with van der Waals surface area (Å²) in [7, 11) is 0. The summed E-state index contributed by atoms with van der Waals surface area (Å²) in [5.41, 5.74) is 2.56. The van der Waals surface area contributed by atoms with Crippen molar-refractivity contribution in [2.45, 2.75) is 51.3 Å². The van der Waals surface area contributed by atoms with Crippen LogP contribution in [0, 0.1) is 23.5 Å². The van der Waals surface area contributed by atoms with Crippen LogP contribution in [0.5, 0.6) is 11.5 Å². The first-order valence-electron chi connectivity index (χ1n) is 14.2. The molecule has 2 N–H and O–H groups in total. The standard InChI is InChI=1S/C33H38F2N2O4.2ClH/c1-33(2,3)23-7-12-26(13-8-23)41-30(32(38)39)16-21-4-10-25(11-5-21)40-15-14-36-31-27-19-37(20-28(27)31)18-22-6-9-24(34)17-29(22)35;;/h4-13,17,27-28,30-31,36H,14-16,18-20H2,1-3H3,(H,38,39);2*1H/t27-,28?,30-,31+;;/m0../s1. The predicted molar refractivity (Wildman–Crippen MR) is 168 cm³/mol. The highest BCUT2D eigenvalue weighted by molar-refractivity contribution is 5.85. The molecule has 1 saturated carbocycles. The van der Waals surface area contributed by atoms with E-state index in [-0.39, 0.29) is 36.6 Å². The van der Waals surface area contributed by atoms with Gasteiger partial charge in [-0.3, -0.25) is 4.90 Å². The molecule has 1 aliphatic carbocycles. The monoisotopic (exact) mass is 636 g/mol. The summed E-state index contributed by atoms with van der Waals surface area (Å²) in [4.78, 5) is 14.1. The number of piperidine rings is 1. The molecule has 2 fully saturated rings. The van der Waals surface area contributed by atoms with Crippen molar-refractivity contribution in [3.8, 4) is 11.5 Å². The first-order valence-corrected chi connectivity index (χ1v) is 14.2. The van der Waals surface area contributed by atoms with Gasteiger partial charge in [-0.1, -0.05) is 51.1 Å². The first kappa shape index (κ1) is 34.6. The van der Waals surface area contributed by atoms with Gasteiger partial charge in [0.05, 0.1) is 0 Å². The van der Waals surface area contributed by atoms with Gasteiger partial charge in [-0.25, -0.2) is 13.6 Å². The molecule has 3 aromatic rings. The molecule has 1 unspecified atom stereocenters. The van der Waals surface area contributed by atoms with E-state index in [4.69, 9.17) is 9.47 Å². The van der Waals surface area contributed by atoms with Gasteiger partial charge in [0.15, 0.2) is 6.10 Å². The number of aliphatic carboxylic acids is 1. The molecule has 0 spiro atoms. The highest BCUT2D eigenvalue weighted by atomic mass is 35.5. The number of rotatable bonds is 12. The van der Waals surface area contributed by atoms with Gasteiger partial charge in [-0.05, 0) is 58.7 Å². The molecule has 5 rings (SSSR count). The number of carboxylic acid groups (broad SMARTS) is 1. The third-order valence-corrected chi connectivity index (χ3v) is 8.05. The van der Waals surface area contributed by atoms with Crippen molar-refractivity contribution < 1.29 is 28.2 Å². The predicted octanol–water partition coefficient (Wildman–Crippen LogP) is 6.28. The second kappa shape index (κ2) is 14.7. The van der Waals surface area contributed by atoms with Gasteiger partial charge < -0.3 is 19.9 Å². The maximum absolute atomic E-state index is 13.9. The normalized spacial score (nSPS) is 19.9. The zero-order chi connectivity index (χ0) is 29.1. The van der Waals surface area contributed by atoms with Gasteiger partial charge in [0.2, 0.25) is 0 Å². The fourth-order valence-corrected chi connectivity index (χ4v) is 5.64. The van der Waals surface area contributed by atoms with Gasteiger partial charge in [0.25, 0.3) is 0 Å². The number of carboxylic acids is 1. The summed E-state index contributed by atoms with van der Waals surface area (Å²) in [6, 6.07) is 19.3. The topological polar surface area (TPSA) is 71.0 Å². The van der Waals surface area contributed by atoms with Crippen molar-refractivity contribution in [1.82, 2.24) is 10.2 Å². The minimum absolute atomic E-state index is 0. The number of likely N-dealkylation sites (tertiary alicyclic amines) is 1. The number of halogens is 4. The van der Waals surface area contributed by atoms with Crippen LogP contribution in [0.1, 0.15) is 37.5 Å². The molecule has 6 nitrogen and oxygen atoms in total. The van der Waals surface area contributed by atoms with Gasteiger partial charge in [0.1, 0.15) is 29.7 Å². The maximum Gasteiger partial charge on any atom is 0.345 e. The Labute approximate surface area is 264 Å². The molecule has 10 heteroatoms. The maximum atomic E-state index is 13.9. The summed E-state index contributed by atoms with van der Waals surface area (Å²) in [6.45, 7) is 9.94. The molecule has 1 aliphatic heterocycles. The smallest absolute Gasteiger partial charge is 0.345 e. The van der Waals surface area contributed by atoms with Crippen LogP contribution in [0.25, 0.3) is 0 Å². The van der Waals surface area contributed by atoms with E-state index >= 15 is 0 Å². The number of nitrogens with one attached hydrogen (secondary N) is 1. The number of carbonyl (C=O) groups is 1. The highest BCUT2D eigenvalue weighted by Gasteiger charge is 2.55. The summed E-state index contributed by atoms with van der Waals surface area (Å²) >= 11 is 0. The van der Waals surface area contributed by atoms with Crippen molar-refractivity contribution >= 4 is 30.8 Å². The minimum Gasteiger partial charge on any atom is -0.492 e. The Bertz CT molecular complexity index is 1340. The van der Waals surface area contributed by atoms with Crippen LogP contribution >= 0.6 is 24.8 Å². The Kier molecular flexibility index (Phi) is 11.8. The quantitative estimate of drug-likeness (QED) is 0.228. The average Bonchev–Trinajstić information content (AvgIpc) is 3.37. The zero-order valence-electron chi connectivity index (χ0n) is 24.6. The minimum atomic E-state index is -1.01. The molecule has 0 bridgehead atoms. The average molecular weight is 638 g/mol. The number of benzene rings is 3. The van der Waals surface area contributed by atoms with Crippen molar-refractivity contribution in [2.24, 2.45) is 11.8 Å². The van der Waals surface area contributed by atoms with E-state index in [9.17, 15) is 18.7 Å². The summed E-state index contributed by atoms with van der Waals surface area (Å²) < 4.78 is 38.7. The van der Waals surface area contributed by atoms with Crippen LogP contribution in [-0.2, 0) is 23.2 Å². The number of hydrogen-bond acceptors (Lipinski definition) is 5. The lowest BCUT2D eigenvalue weighted by molar-refractivity contribution is -0.145. The Hall–Kier alpha value is -2.91. The number of ether oxygens (including phenoxy) is 2. The number of nitrogens with zero attached hydrogens (tertiary/aromatic N) is 1. The van der Waals surface area contributed by atoms with Gasteiger partial charge in [-0.15, -0.1) is 24.8 Å². The molecular formula is C33H40Cl2F2N2O4. The number of hydrogen-bond donors (Lipinski definition) is 2. The summed E-state index contributed by atoms with van der Waals surface area (Å²) in [5, 5.41) is 13.3. The molecule has 1 heterocycles. The van der Waals surface area contributed by atoms with Gasteiger partial charge in [0, 0.05) is 50.3 Å². The van der Waals surface area contributed by atoms with Gasteiger partial charge >= 0.3 is 5.97 Å². The molecule has 0 aromatic heterocycles. The van der Waals surface area contributed by atoms with E-state index < -0.39 is 23.7 Å². The highest BCUT2D eigenvalue weighted by Crippen LogP contribution is 2.45. The van der Waals surface area contributed by atoms with E-state index in [2.05, 4.69) is 31.0 Å². The molecule has 43 heavy (non-hydrogen) atoms.